The maximum absolute atomic E-state index is 13.2. The fraction of sp³-hybridized carbons (Fsp3) is 0.409. The van der Waals surface area contributed by atoms with Gasteiger partial charge >= 0.3 is 6.03 Å². The molecule has 0 atom stereocenters. The smallest absolute Gasteiger partial charge is 0.318 e. The van der Waals surface area contributed by atoms with Gasteiger partial charge in [0.15, 0.2) is 0 Å². The highest BCUT2D eigenvalue weighted by Crippen LogP contribution is 2.24. The van der Waals surface area contributed by atoms with Crippen molar-refractivity contribution < 1.29 is 9.18 Å². The minimum absolute atomic E-state index is 0.0788. The van der Waals surface area contributed by atoms with Crippen molar-refractivity contribution >= 4 is 11.7 Å². The van der Waals surface area contributed by atoms with Crippen molar-refractivity contribution in [1.82, 2.24) is 10.2 Å². The number of hydrogen-bond donors (Lipinski definition) is 1. The number of piperazine rings is 1. The molecule has 1 fully saturated rings. The van der Waals surface area contributed by atoms with Gasteiger partial charge in [-0.2, -0.15) is 0 Å². The zero-order valence-electron chi connectivity index (χ0n) is 16.6. The van der Waals surface area contributed by atoms with Gasteiger partial charge in [-0.15, -0.1) is 0 Å². The molecule has 0 unspecified atom stereocenters. The molecule has 2 aromatic rings. The molecule has 1 aliphatic heterocycles. The van der Waals surface area contributed by atoms with Crippen LogP contribution in [0.15, 0.2) is 42.5 Å². The van der Waals surface area contributed by atoms with Crippen LogP contribution in [0.3, 0.4) is 0 Å². The predicted molar refractivity (Wildman–Crippen MR) is 108 cm³/mol. The molecule has 1 saturated heterocycles. The van der Waals surface area contributed by atoms with Gasteiger partial charge < -0.3 is 15.1 Å². The largest absolute Gasteiger partial charge is 0.368 e. The summed E-state index contributed by atoms with van der Waals surface area (Å²) in [5, 5.41) is 3.08. The molecule has 3 rings (SSSR count). The summed E-state index contributed by atoms with van der Waals surface area (Å²) in [4.78, 5) is 16.9. The van der Waals surface area contributed by atoms with E-state index in [4.69, 9.17) is 0 Å². The van der Waals surface area contributed by atoms with Crippen LogP contribution < -0.4 is 10.2 Å². The van der Waals surface area contributed by atoms with Gasteiger partial charge in [-0.1, -0.05) is 24.3 Å². The summed E-state index contributed by atoms with van der Waals surface area (Å²) in [5.41, 5.74) is 4.16. The zero-order valence-corrected chi connectivity index (χ0v) is 16.6. The average molecular weight is 369 g/mol. The Hall–Kier alpha value is -2.56. The van der Waals surface area contributed by atoms with Gasteiger partial charge in [0.1, 0.15) is 5.82 Å². The number of aryl methyl sites for hydroxylation is 1. The first kappa shape index (κ1) is 19.2. The third-order valence-electron chi connectivity index (χ3n) is 5.47. The Morgan fingerprint density at radius 2 is 1.63 bits per heavy atom. The lowest BCUT2D eigenvalue weighted by Crippen LogP contribution is -2.55. The number of carbonyl (C=O) groups excluding carboxylic acids is 1. The molecule has 2 aromatic carbocycles. The van der Waals surface area contributed by atoms with Gasteiger partial charge in [0.05, 0.1) is 5.54 Å². The minimum atomic E-state index is -0.560. The Labute approximate surface area is 161 Å². The number of benzene rings is 2. The SMILES string of the molecule is Cc1cccc(N2CCN(C(=O)NC(C)(C)c3ccc(F)cc3)CC2)c1C. The Morgan fingerprint density at radius 1 is 1.00 bits per heavy atom. The van der Waals surface area contributed by atoms with E-state index in [1.807, 2.05) is 18.7 Å². The number of nitrogens with one attached hydrogen (secondary N) is 1. The van der Waals surface area contributed by atoms with Crippen LogP contribution in [-0.4, -0.2) is 37.1 Å². The average Bonchev–Trinajstić information content (AvgIpc) is 2.64. The number of nitrogens with zero attached hydrogens (tertiary/aromatic N) is 2. The molecule has 1 heterocycles. The normalized spacial score (nSPS) is 15.0. The van der Waals surface area contributed by atoms with Gasteiger partial charge in [0.2, 0.25) is 0 Å². The highest BCUT2D eigenvalue weighted by Gasteiger charge is 2.28. The van der Waals surface area contributed by atoms with E-state index in [2.05, 4.69) is 42.3 Å². The molecule has 0 aliphatic carbocycles. The van der Waals surface area contributed by atoms with Gasteiger partial charge in [-0.05, 0) is 62.6 Å². The topological polar surface area (TPSA) is 35.6 Å². The number of rotatable bonds is 3. The Balaban J connectivity index is 1.61. The second-order valence-corrected chi connectivity index (χ2v) is 7.76. The molecule has 1 N–H and O–H groups in total. The first-order valence-electron chi connectivity index (χ1n) is 9.42. The summed E-state index contributed by atoms with van der Waals surface area (Å²) >= 11 is 0. The molecule has 5 heteroatoms. The first-order valence-corrected chi connectivity index (χ1v) is 9.42. The monoisotopic (exact) mass is 369 g/mol. The van der Waals surface area contributed by atoms with Crippen molar-refractivity contribution in [1.29, 1.82) is 0 Å². The summed E-state index contributed by atoms with van der Waals surface area (Å²) in [6.07, 6.45) is 0. The van der Waals surface area contributed by atoms with Crippen LogP contribution in [-0.2, 0) is 5.54 Å². The molecular formula is C22H28FN3O. The van der Waals surface area contributed by atoms with Crippen molar-refractivity contribution in [2.75, 3.05) is 31.1 Å². The van der Waals surface area contributed by atoms with Crippen LogP contribution in [0.5, 0.6) is 0 Å². The van der Waals surface area contributed by atoms with Crippen molar-refractivity contribution in [3.05, 3.63) is 65.0 Å². The van der Waals surface area contributed by atoms with E-state index in [1.165, 1.54) is 28.9 Å². The van der Waals surface area contributed by atoms with Crippen LogP contribution in [0, 0.1) is 19.7 Å². The van der Waals surface area contributed by atoms with Crippen molar-refractivity contribution in [3.8, 4) is 0 Å². The van der Waals surface area contributed by atoms with Crippen LogP contribution in [0.4, 0.5) is 14.9 Å². The highest BCUT2D eigenvalue weighted by atomic mass is 19.1. The Bertz CT molecular complexity index is 809. The van der Waals surface area contributed by atoms with Gasteiger partial charge in [-0.25, -0.2) is 9.18 Å². The lowest BCUT2D eigenvalue weighted by Gasteiger charge is -2.38. The quantitative estimate of drug-likeness (QED) is 0.880. The summed E-state index contributed by atoms with van der Waals surface area (Å²) in [5.74, 6) is -0.275. The molecule has 0 radical (unpaired) electrons. The highest BCUT2D eigenvalue weighted by molar-refractivity contribution is 5.75. The molecule has 144 valence electrons. The first-order chi connectivity index (χ1) is 12.8. The summed E-state index contributed by atoms with van der Waals surface area (Å²) in [6, 6.07) is 12.6. The van der Waals surface area contributed by atoms with E-state index in [9.17, 15) is 9.18 Å². The molecule has 4 nitrogen and oxygen atoms in total. The fourth-order valence-corrected chi connectivity index (χ4v) is 3.51. The molecule has 1 aliphatic rings. The van der Waals surface area contributed by atoms with Crippen LogP contribution in [0.1, 0.15) is 30.5 Å². The number of halogens is 1. The number of hydrogen-bond acceptors (Lipinski definition) is 2. The second-order valence-electron chi connectivity index (χ2n) is 7.76. The molecule has 0 saturated carbocycles. The van der Waals surface area contributed by atoms with Gasteiger partial charge in [0, 0.05) is 31.9 Å². The molecule has 0 bridgehead atoms. The standard InChI is InChI=1S/C22H28FN3O/c1-16-6-5-7-20(17(16)2)25-12-14-26(15-13-25)21(27)24-22(3,4)18-8-10-19(23)11-9-18/h5-11H,12-15H2,1-4H3,(H,24,27). The molecule has 2 amide bonds. The van der Waals surface area contributed by atoms with Crippen molar-refractivity contribution in [2.24, 2.45) is 0 Å². The number of anilines is 1. The molecule has 27 heavy (non-hydrogen) atoms. The molecule has 0 aromatic heterocycles. The lowest BCUT2D eigenvalue weighted by atomic mass is 9.94. The second kappa shape index (κ2) is 7.59. The van der Waals surface area contributed by atoms with E-state index in [1.54, 1.807) is 12.1 Å². The molecule has 0 spiro atoms. The van der Waals surface area contributed by atoms with Crippen molar-refractivity contribution in [3.63, 3.8) is 0 Å². The minimum Gasteiger partial charge on any atom is -0.368 e. The zero-order chi connectivity index (χ0) is 19.6. The number of amides is 2. The fourth-order valence-electron chi connectivity index (χ4n) is 3.51. The van der Waals surface area contributed by atoms with E-state index in [0.717, 1.165) is 18.7 Å². The summed E-state index contributed by atoms with van der Waals surface area (Å²) in [7, 11) is 0. The Kier molecular flexibility index (Phi) is 5.40. The van der Waals surface area contributed by atoms with Crippen LogP contribution >= 0.6 is 0 Å². The summed E-state index contributed by atoms with van der Waals surface area (Å²) < 4.78 is 13.2. The van der Waals surface area contributed by atoms with Crippen LogP contribution in [0.2, 0.25) is 0 Å². The van der Waals surface area contributed by atoms with E-state index in [-0.39, 0.29) is 11.8 Å². The van der Waals surface area contributed by atoms with Crippen molar-refractivity contribution in [2.45, 2.75) is 33.2 Å². The van der Waals surface area contributed by atoms with E-state index < -0.39 is 5.54 Å². The third-order valence-corrected chi connectivity index (χ3v) is 5.47. The van der Waals surface area contributed by atoms with E-state index >= 15 is 0 Å². The predicted octanol–water partition coefficient (Wildman–Crippen LogP) is 4.21. The van der Waals surface area contributed by atoms with Gasteiger partial charge in [-0.3, -0.25) is 0 Å². The third kappa shape index (κ3) is 4.24. The van der Waals surface area contributed by atoms with E-state index in [0.29, 0.717) is 13.1 Å². The summed E-state index contributed by atoms with van der Waals surface area (Å²) in [6.45, 7) is 11.1. The van der Waals surface area contributed by atoms with Gasteiger partial charge in [0.25, 0.3) is 0 Å². The Morgan fingerprint density at radius 3 is 2.26 bits per heavy atom. The maximum Gasteiger partial charge on any atom is 0.318 e. The number of carbonyl (C=O) groups is 1. The maximum atomic E-state index is 13.2. The van der Waals surface area contributed by atoms with Crippen LogP contribution in [0.25, 0.3) is 0 Å². The lowest BCUT2D eigenvalue weighted by molar-refractivity contribution is 0.183. The number of urea groups is 1. The molecular weight excluding hydrogens is 341 g/mol.